The van der Waals surface area contributed by atoms with Gasteiger partial charge in [-0.2, -0.15) is 8.78 Å². The minimum absolute atomic E-state index is 0.136. The van der Waals surface area contributed by atoms with Crippen molar-refractivity contribution in [1.82, 2.24) is 0 Å². The van der Waals surface area contributed by atoms with Crippen molar-refractivity contribution in [3.8, 4) is 11.5 Å². The lowest BCUT2D eigenvalue weighted by Gasteiger charge is -2.41. The van der Waals surface area contributed by atoms with Crippen LogP contribution in [0.4, 0.5) is 8.78 Å². The highest BCUT2D eigenvalue weighted by Crippen LogP contribution is 2.55. The number of phenolic OH excluding ortho intramolecular Hbond substituents is 1. The van der Waals surface area contributed by atoms with Crippen molar-refractivity contribution in [2.45, 2.75) is 70.3 Å². The van der Waals surface area contributed by atoms with E-state index in [-0.39, 0.29) is 17.4 Å². The molecule has 122 valence electrons. The normalized spacial score (nSPS) is 26.0. The average molecular weight is 310 g/mol. The number of benzene rings is 1. The predicted molar refractivity (Wildman–Crippen MR) is 81.6 cm³/mol. The van der Waals surface area contributed by atoms with E-state index < -0.39 is 12.0 Å². The van der Waals surface area contributed by atoms with Crippen molar-refractivity contribution in [3.05, 3.63) is 23.3 Å². The Bertz CT molecular complexity index is 542. The zero-order chi connectivity index (χ0) is 15.7. The van der Waals surface area contributed by atoms with Crippen LogP contribution in [-0.2, 0) is 6.42 Å². The molecule has 1 N–H and O–H groups in total. The molecule has 1 fully saturated rings. The molecule has 4 heteroatoms. The average Bonchev–Trinajstić information content (AvgIpc) is 2.46. The van der Waals surface area contributed by atoms with Gasteiger partial charge < -0.3 is 9.84 Å². The first-order valence-electron chi connectivity index (χ1n) is 8.45. The van der Waals surface area contributed by atoms with Gasteiger partial charge in [-0.25, -0.2) is 0 Å². The third-order valence-electron chi connectivity index (χ3n) is 5.06. The monoisotopic (exact) mass is 310 g/mol. The third-order valence-corrected chi connectivity index (χ3v) is 5.06. The predicted octanol–water partition coefficient (Wildman–Crippen LogP) is 5.38. The Morgan fingerprint density at radius 2 is 2.00 bits per heavy atom. The second-order valence-electron chi connectivity index (χ2n) is 6.65. The topological polar surface area (TPSA) is 29.5 Å². The molecule has 2 nitrogen and oxygen atoms in total. The van der Waals surface area contributed by atoms with Crippen LogP contribution in [0.5, 0.6) is 11.5 Å². The highest BCUT2D eigenvalue weighted by molar-refractivity contribution is 5.51. The minimum atomic E-state index is -3.12. The van der Waals surface area contributed by atoms with Crippen LogP contribution in [0.15, 0.2) is 12.1 Å². The highest BCUT2D eigenvalue weighted by atomic mass is 19.3. The number of alkyl halides is 2. The van der Waals surface area contributed by atoms with Crippen molar-refractivity contribution >= 4 is 0 Å². The molecule has 0 radical (unpaired) electrons. The maximum atomic E-state index is 14.3. The maximum absolute atomic E-state index is 14.3. The van der Waals surface area contributed by atoms with Crippen molar-refractivity contribution in [2.75, 3.05) is 0 Å². The molecule has 22 heavy (non-hydrogen) atoms. The first-order valence-corrected chi connectivity index (χ1v) is 8.45. The molecule has 3 rings (SSSR count). The van der Waals surface area contributed by atoms with Crippen molar-refractivity contribution in [1.29, 1.82) is 0 Å². The minimum Gasteiger partial charge on any atom is -0.508 e. The van der Waals surface area contributed by atoms with Crippen LogP contribution in [0.1, 0.15) is 68.9 Å². The summed E-state index contributed by atoms with van der Waals surface area (Å²) < 4.78 is 33.6. The number of hydrogen-bond donors (Lipinski definition) is 1. The molecule has 1 saturated carbocycles. The zero-order valence-electron chi connectivity index (χ0n) is 13.1. The summed E-state index contributed by atoms with van der Waals surface area (Å²) in [4.78, 5) is 0. The van der Waals surface area contributed by atoms with E-state index in [4.69, 9.17) is 4.74 Å². The molecule has 1 unspecified atom stereocenters. The number of rotatable bonds is 4. The van der Waals surface area contributed by atoms with E-state index in [1.165, 1.54) is 0 Å². The van der Waals surface area contributed by atoms with E-state index >= 15 is 0 Å². The molecular formula is C18H24F2O2. The summed E-state index contributed by atoms with van der Waals surface area (Å²) in [6.07, 6.45) is 3.80. The lowest BCUT2D eigenvalue weighted by atomic mass is 9.72. The van der Waals surface area contributed by atoms with Crippen LogP contribution in [-0.4, -0.2) is 11.2 Å². The Morgan fingerprint density at radius 1 is 1.23 bits per heavy atom. The van der Waals surface area contributed by atoms with E-state index in [1.807, 2.05) is 0 Å². The first-order chi connectivity index (χ1) is 10.5. The van der Waals surface area contributed by atoms with Gasteiger partial charge in [0.15, 0.2) is 0 Å². The molecule has 1 aliphatic heterocycles. The molecule has 0 bridgehead atoms. The van der Waals surface area contributed by atoms with Gasteiger partial charge in [-0.1, -0.05) is 32.6 Å². The number of hydrogen-bond acceptors (Lipinski definition) is 2. The van der Waals surface area contributed by atoms with Gasteiger partial charge in [-0.15, -0.1) is 0 Å². The SMILES string of the molecule is CCCCCc1cc(O)c2c(c1)OC(F)(F)[C@@H]1CCCCC21. The number of aromatic hydroxyl groups is 1. The van der Waals surface area contributed by atoms with Gasteiger partial charge in [0.25, 0.3) is 0 Å². The van der Waals surface area contributed by atoms with Gasteiger partial charge in [0.1, 0.15) is 11.5 Å². The van der Waals surface area contributed by atoms with Gasteiger partial charge >= 0.3 is 6.11 Å². The largest absolute Gasteiger partial charge is 0.508 e. The number of phenols is 1. The molecule has 0 spiro atoms. The van der Waals surface area contributed by atoms with Crippen LogP contribution >= 0.6 is 0 Å². The molecule has 2 aliphatic rings. The molecule has 1 aromatic rings. The van der Waals surface area contributed by atoms with Gasteiger partial charge in [-0.05, 0) is 43.4 Å². The molecular weight excluding hydrogens is 286 g/mol. The molecule has 1 aromatic carbocycles. The van der Waals surface area contributed by atoms with E-state index in [1.54, 1.807) is 12.1 Å². The molecule has 1 aliphatic carbocycles. The Labute approximate surface area is 130 Å². The zero-order valence-corrected chi connectivity index (χ0v) is 13.1. The second-order valence-corrected chi connectivity index (χ2v) is 6.65. The van der Waals surface area contributed by atoms with Crippen LogP contribution in [0, 0.1) is 5.92 Å². The van der Waals surface area contributed by atoms with Crippen LogP contribution in [0.2, 0.25) is 0 Å². The summed E-state index contributed by atoms with van der Waals surface area (Å²) in [5.41, 5.74) is 1.49. The molecule has 0 saturated heterocycles. The third kappa shape index (κ3) is 2.80. The van der Waals surface area contributed by atoms with Crippen LogP contribution < -0.4 is 4.74 Å². The number of halogens is 2. The fourth-order valence-corrected chi connectivity index (χ4v) is 3.95. The summed E-state index contributed by atoms with van der Waals surface area (Å²) in [5, 5.41) is 10.4. The summed E-state index contributed by atoms with van der Waals surface area (Å²) >= 11 is 0. The summed E-state index contributed by atoms with van der Waals surface area (Å²) in [7, 11) is 0. The molecule has 1 heterocycles. The fourth-order valence-electron chi connectivity index (χ4n) is 3.95. The van der Waals surface area contributed by atoms with Crippen LogP contribution in [0.25, 0.3) is 0 Å². The summed E-state index contributed by atoms with van der Waals surface area (Å²) in [5.74, 6) is -0.751. The Balaban J connectivity index is 1.93. The maximum Gasteiger partial charge on any atom is 0.401 e. The second kappa shape index (κ2) is 6.05. The van der Waals surface area contributed by atoms with Gasteiger partial charge in [0.2, 0.25) is 0 Å². The number of fused-ring (bicyclic) bond motifs is 3. The van der Waals surface area contributed by atoms with Crippen molar-refractivity contribution in [3.63, 3.8) is 0 Å². The van der Waals surface area contributed by atoms with Gasteiger partial charge in [0.05, 0.1) is 5.92 Å². The number of unbranched alkanes of at least 4 members (excludes halogenated alkanes) is 2. The van der Waals surface area contributed by atoms with E-state index in [0.717, 1.165) is 44.1 Å². The number of ether oxygens (including phenoxy) is 1. The smallest absolute Gasteiger partial charge is 0.401 e. The fraction of sp³-hybridized carbons (Fsp3) is 0.667. The quantitative estimate of drug-likeness (QED) is 0.756. The van der Waals surface area contributed by atoms with Crippen molar-refractivity contribution < 1.29 is 18.6 Å². The van der Waals surface area contributed by atoms with E-state index in [9.17, 15) is 13.9 Å². The first kappa shape index (κ1) is 15.6. The Morgan fingerprint density at radius 3 is 2.77 bits per heavy atom. The highest BCUT2D eigenvalue weighted by Gasteiger charge is 2.53. The summed E-state index contributed by atoms with van der Waals surface area (Å²) in [6, 6.07) is 3.45. The van der Waals surface area contributed by atoms with Gasteiger partial charge in [-0.3, -0.25) is 0 Å². The Kier molecular flexibility index (Phi) is 4.28. The van der Waals surface area contributed by atoms with Crippen molar-refractivity contribution in [2.24, 2.45) is 5.92 Å². The van der Waals surface area contributed by atoms with E-state index in [0.29, 0.717) is 18.4 Å². The lowest BCUT2D eigenvalue weighted by molar-refractivity contribution is -0.236. The standard InChI is InChI=1S/C18H24F2O2/c1-2-3-4-7-12-10-15(21)17-13-8-5-6-9-14(13)18(19,20)22-16(17)11-12/h10-11,13-14,21H,2-9H2,1H3/t13?,14-/m1/s1. The van der Waals surface area contributed by atoms with Crippen LogP contribution in [0.3, 0.4) is 0 Å². The summed E-state index contributed by atoms with van der Waals surface area (Å²) in [6.45, 7) is 2.12. The lowest BCUT2D eigenvalue weighted by Crippen LogP contribution is -2.43. The molecule has 0 amide bonds. The Hall–Kier alpha value is -1.32. The van der Waals surface area contributed by atoms with Gasteiger partial charge in [0, 0.05) is 11.5 Å². The van der Waals surface area contributed by atoms with E-state index in [2.05, 4.69) is 6.92 Å². The molecule has 2 atom stereocenters. The number of aryl methyl sites for hydroxylation is 1. The molecule has 0 aromatic heterocycles.